The number of Topliss-reactive ketones (excluding diaryl/α,β-unsaturated/α-hetero) is 1. The number of anilines is 2. The van der Waals surface area contributed by atoms with Gasteiger partial charge in [0.2, 0.25) is 0 Å². The minimum absolute atomic E-state index is 0.103. The fourth-order valence-corrected chi connectivity index (χ4v) is 4.06. The lowest BCUT2D eigenvalue weighted by Gasteiger charge is -2.28. The molecule has 1 unspecified atom stereocenters. The maximum Gasteiger partial charge on any atom is 0.270 e. The molecule has 1 aliphatic rings. The zero-order chi connectivity index (χ0) is 16.0. The summed E-state index contributed by atoms with van der Waals surface area (Å²) in [5.41, 5.74) is 1.58. The largest absolute Gasteiger partial charge is 0.298 e. The van der Waals surface area contributed by atoms with Crippen LogP contribution in [0.2, 0.25) is 10.0 Å². The summed E-state index contributed by atoms with van der Waals surface area (Å²) in [6.45, 7) is 0. The van der Waals surface area contributed by atoms with Crippen LogP contribution in [0.4, 0.5) is 11.6 Å². The van der Waals surface area contributed by atoms with Crippen LogP contribution in [-0.4, -0.2) is 26.4 Å². The molecule has 2 aromatic heterocycles. The van der Waals surface area contributed by atoms with Crippen LogP contribution in [0.25, 0.3) is 0 Å². The van der Waals surface area contributed by atoms with Gasteiger partial charge in [-0.1, -0.05) is 34.4 Å². The zero-order valence-corrected chi connectivity index (χ0v) is 13.9. The van der Waals surface area contributed by atoms with Gasteiger partial charge in [-0.15, -0.1) is 16.4 Å². The Kier molecular flexibility index (Phi) is 3.56. The van der Waals surface area contributed by atoms with Gasteiger partial charge in [0.25, 0.3) is 5.95 Å². The molecule has 2 heterocycles. The Labute approximate surface area is 145 Å². The molecule has 1 atom stereocenters. The van der Waals surface area contributed by atoms with Gasteiger partial charge in [0.05, 0.1) is 26.7 Å². The van der Waals surface area contributed by atoms with Gasteiger partial charge in [-0.3, -0.25) is 9.69 Å². The number of H-pyrrole nitrogens is 1. The molecule has 0 bridgehead atoms. The van der Waals surface area contributed by atoms with Crippen molar-refractivity contribution in [2.24, 2.45) is 0 Å². The molecule has 6 nitrogen and oxygen atoms in total. The number of tetrazole rings is 1. The van der Waals surface area contributed by atoms with Gasteiger partial charge < -0.3 is 0 Å². The number of halogens is 2. The molecule has 1 N–H and O–H groups in total. The highest BCUT2D eigenvalue weighted by Crippen LogP contribution is 2.46. The Morgan fingerprint density at radius 2 is 2.17 bits per heavy atom. The predicted molar refractivity (Wildman–Crippen MR) is 88.8 cm³/mol. The Morgan fingerprint density at radius 3 is 2.96 bits per heavy atom. The Balaban J connectivity index is 1.89. The molecule has 0 aliphatic heterocycles. The summed E-state index contributed by atoms with van der Waals surface area (Å²) in [5, 5.41) is 16.9. The van der Waals surface area contributed by atoms with Crippen LogP contribution in [0.5, 0.6) is 0 Å². The van der Waals surface area contributed by atoms with Gasteiger partial charge in [0.1, 0.15) is 0 Å². The highest BCUT2D eigenvalue weighted by Gasteiger charge is 2.37. The fraction of sp³-hybridized carbons (Fsp3) is 0.143. The van der Waals surface area contributed by atoms with Crippen molar-refractivity contribution in [3.05, 3.63) is 50.1 Å². The van der Waals surface area contributed by atoms with Crippen LogP contribution in [0.1, 0.15) is 27.7 Å². The average Bonchev–Trinajstić information content (AvgIpc) is 3.25. The van der Waals surface area contributed by atoms with Crippen molar-refractivity contribution in [2.75, 3.05) is 4.90 Å². The number of carbonyl (C=O) groups excluding carboxylic acids is 1. The van der Waals surface area contributed by atoms with Crippen molar-refractivity contribution in [2.45, 2.75) is 12.5 Å². The molecule has 0 fully saturated rings. The van der Waals surface area contributed by atoms with Crippen molar-refractivity contribution in [3.63, 3.8) is 0 Å². The molecule has 1 aromatic carbocycles. The number of nitrogens with zero attached hydrogens (tertiary/aromatic N) is 4. The van der Waals surface area contributed by atoms with Crippen molar-refractivity contribution < 1.29 is 4.79 Å². The Morgan fingerprint density at radius 1 is 1.30 bits per heavy atom. The van der Waals surface area contributed by atoms with Gasteiger partial charge in [-0.25, -0.2) is 0 Å². The van der Waals surface area contributed by atoms with Crippen molar-refractivity contribution >= 4 is 52.0 Å². The van der Waals surface area contributed by atoms with E-state index in [-0.39, 0.29) is 11.8 Å². The summed E-state index contributed by atoms with van der Waals surface area (Å²) in [7, 11) is 0. The number of ketones is 1. The van der Waals surface area contributed by atoms with Crippen molar-refractivity contribution in [1.82, 2.24) is 20.6 Å². The number of benzene rings is 1. The zero-order valence-electron chi connectivity index (χ0n) is 11.5. The summed E-state index contributed by atoms with van der Waals surface area (Å²) in [6, 6.07) is 7.03. The Bertz CT molecular complexity index is 879. The average molecular weight is 366 g/mol. The van der Waals surface area contributed by atoms with Crippen LogP contribution in [0.3, 0.4) is 0 Å². The molecular weight excluding hydrogens is 357 g/mol. The Hall–Kier alpha value is -1.96. The van der Waals surface area contributed by atoms with Gasteiger partial charge in [0.15, 0.2) is 5.78 Å². The van der Waals surface area contributed by atoms with Crippen LogP contribution >= 0.6 is 34.5 Å². The van der Waals surface area contributed by atoms with E-state index in [4.69, 9.17) is 23.2 Å². The molecule has 1 aliphatic carbocycles. The normalized spacial score (nSPS) is 16.6. The summed E-state index contributed by atoms with van der Waals surface area (Å²) >= 11 is 14.0. The minimum Gasteiger partial charge on any atom is -0.298 e. The summed E-state index contributed by atoms with van der Waals surface area (Å²) in [4.78, 5) is 14.8. The third-order valence-electron chi connectivity index (χ3n) is 3.74. The molecule has 9 heteroatoms. The van der Waals surface area contributed by atoms with Crippen LogP contribution in [-0.2, 0) is 0 Å². The third-order valence-corrected chi connectivity index (χ3v) is 5.52. The van der Waals surface area contributed by atoms with E-state index < -0.39 is 0 Å². The molecule has 3 aromatic rings. The number of aromatic amines is 1. The lowest BCUT2D eigenvalue weighted by atomic mass is 10.1. The molecule has 4 rings (SSSR count). The third kappa shape index (κ3) is 2.32. The molecule has 0 saturated heterocycles. The highest BCUT2D eigenvalue weighted by atomic mass is 35.5. The van der Waals surface area contributed by atoms with Crippen LogP contribution in [0.15, 0.2) is 29.6 Å². The quantitative estimate of drug-likeness (QED) is 0.757. The maximum atomic E-state index is 12.3. The van der Waals surface area contributed by atoms with E-state index in [1.54, 1.807) is 17.0 Å². The van der Waals surface area contributed by atoms with Crippen molar-refractivity contribution in [3.8, 4) is 0 Å². The summed E-state index contributed by atoms with van der Waals surface area (Å²) < 4.78 is 0. The number of thiophene rings is 1. The van der Waals surface area contributed by atoms with Crippen LogP contribution in [0, 0.1) is 0 Å². The maximum absolute atomic E-state index is 12.3. The number of hydrogen-bond acceptors (Lipinski definition) is 6. The number of nitrogens with one attached hydrogen (secondary N) is 1. The number of aromatic nitrogens is 4. The smallest absolute Gasteiger partial charge is 0.270 e. The van der Waals surface area contributed by atoms with Crippen LogP contribution < -0.4 is 4.90 Å². The number of fused-ring (bicyclic) bond motifs is 1. The number of carbonyl (C=O) groups is 1. The number of rotatable bonds is 3. The topological polar surface area (TPSA) is 74.8 Å². The van der Waals surface area contributed by atoms with Crippen molar-refractivity contribution in [1.29, 1.82) is 0 Å². The molecule has 0 radical (unpaired) electrons. The second kappa shape index (κ2) is 5.59. The SMILES string of the molecule is O=C1CC(N(c2nn[nH]n2)c2cccc(Cl)c2Cl)c2ccsc21. The first-order valence-electron chi connectivity index (χ1n) is 6.74. The van der Waals surface area contributed by atoms with E-state index in [1.165, 1.54) is 11.3 Å². The first kappa shape index (κ1) is 14.6. The monoisotopic (exact) mass is 365 g/mol. The molecule has 0 amide bonds. The standard InChI is InChI=1S/C14H9Cl2N5OS/c15-8-2-1-3-9(12(8)16)21(14-17-19-20-18-14)10-6-11(22)13-7(10)4-5-23-13/h1-5,10H,6H2,(H,17,18,19,20). The molecule has 0 spiro atoms. The van der Waals surface area contributed by atoms with Gasteiger partial charge >= 0.3 is 0 Å². The van der Waals surface area contributed by atoms with E-state index in [9.17, 15) is 4.79 Å². The number of hydrogen-bond donors (Lipinski definition) is 1. The first-order chi connectivity index (χ1) is 11.2. The van der Waals surface area contributed by atoms with Gasteiger partial charge in [0, 0.05) is 6.42 Å². The predicted octanol–water partition coefficient (Wildman–Crippen LogP) is 4.03. The first-order valence-corrected chi connectivity index (χ1v) is 8.37. The lowest BCUT2D eigenvalue weighted by Crippen LogP contribution is -2.24. The van der Waals surface area contributed by atoms with E-state index in [0.717, 1.165) is 10.4 Å². The molecule has 116 valence electrons. The van der Waals surface area contributed by atoms with E-state index in [1.807, 2.05) is 17.5 Å². The second-order valence-corrected chi connectivity index (χ2v) is 6.70. The van der Waals surface area contributed by atoms with Gasteiger partial charge in [-0.05, 0) is 34.4 Å². The summed E-state index contributed by atoms with van der Waals surface area (Å²) in [5.74, 6) is 0.442. The van der Waals surface area contributed by atoms with E-state index in [2.05, 4.69) is 20.6 Å². The molecule has 0 saturated carbocycles. The highest BCUT2D eigenvalue weighted by molar-refractivity contribution is 7.12. The fourth-order valence-electron chi connectivity index (χ4n) is 2.77. The second-order valence-electron chi connectivity index (χ2n) is 5.00. The summed E-state index contributed by atoms with van der Waals surface area (Å²) in [6.07, 6.45) is 0.333. The van der Waals surface area contributed by atoms with E-state index in [0.29, 0.717) is 28.1 Å². The molecule has 23 heavy (non-hydrogen) atoms. The minimum atomic E-state index is -0.239. The van der Waals surface area contributed by atoms with Gasteiger partial charge in [-0.2, -0.15) is 5.21 Å². The van der Waals surface area contributed by atoms with E-state index >= 15 is 0 Å². The molecular formula is C14H9Cl2N5OS. The lowest BCUT2D eigenvalue weighted by molar-refractivity contribution is 0.0992.